The molecule has 2 aromatic rings. The molecule has 1 amide bonds. The lowest BCUT2D eigenvalue weighted by molar-refractivity contribution is -0.141. The molecule has 9 nitrogen and oxygen atoms in total. The van der Waals surface area contributed by atoms with Crippen molar-refractivity contribution < 1.29 is 14.7 Å². The van der Waals surface area contributed by atoms with Crippen LogP contribution in [0.3, 0.4) is 0 Å². The number of hydrogen-bond donors (Lipinski definition) is 2. The number of aliphatic carboxylic acids is 1. The van der Waals surface area contributed by atoms with Crippen molar-refractivity contribution in [2.75, 3.05) is 18.9 Å². The Morgan fingerprint density at radius 2 is 2.29 bits per heavy atom. The lowest BCUT2D eigenvalue weighted by Gasteiger charge is -2.29. The third-order valence-corrected chi connectivity index (χ3v) is 6.17. The summed E-state index contributed by atoms with van der Waals surface area (Å²) in [4.78, 5) is 36.1. The van der Waals surface area contributed by atoms with Crippen molar-refractivity contribution in [1.82, 2.24) is 19.9 Å². The smallest absolute Gasteiger partial charge is 0.326 e. The molecular weight excluding hydrogens is 380 g/mol. The maximum Gasteiger partial charge on any atom is 0.326 e. The molecule has 0 bridgehead atoms. The molecule has 0 aliphatic carbocycles. The van der Waals surface area contributed by atoms with Gasteiger partial charge < -0.3 is 15.3 Å². The van der Waals surface area contributed by atoms with E-state index in [1.54, 1.807) is 18.3 Å². The topological polar surface area (TPSA) is 111 Å². The second-order valence-corrected chi connectivity index (χ2v) is 7.88. The highest BCUT2D eigenvalue weighted by atomic mass is 32.1. The van der Waals surface area contributed by atoms with Gasteiger partial charge in [-0.15, -0.1) is 11.3 Å². The van der Waals surface area contributed by atoms with Crippen LogP contribution in [0.25, 0.3) is 10.6 Å². The number of hydrazone groups is 1. The second-order valence-electron chi connectivity index (χ2n) is 6.74. The molecule has 0 aromatic carbocycles. The Morgan fingerprint density at radius 1 is 1.46 bits per heavy atom. The summed E-state index contributed by atoms with van der Waals surface area (Å²) in [7, 11) is 1.88. The van der Waals surface area contributed by atoms with Gasteiger partial charge >= 0.3 is 5.97 Å². The zero-order valence-electron chi connectivity index (χ0n) is 15.5. The maximum atomic E-state index is 12.7. The number of carbonyl (C=O) groups excluding carboxylic acids is 1. The van der Waals surface area contributed by atoms with E-state index in [9.17, 15) is 14.7 Å². The van der Waals surface area contributed by atoms with Crippen molar-refractivity contribution in [2.24, 2.45) is 5.10 Å². The third kappa shape index (κ3) is 3.31. The molecule has 4 rings (SSSR count). The molecule has 0 saturated carbocycles. The van der Waals surface area contributed by atoms with Gasteiger partial charge in [-0.1, -0.05) is 0 Å². The van der Waals surface area contributed by atoms with Crippen molar-refractivity contribution >= 4 is 35.4 Å². The summed E-state index contributed by atoms with van der Waals surface area (Å²) < 4.78 is 0. The van der Waals surface area contributed by atoms with E-state index >= 15 is 0 Å². The minimum atomic E-state index is -1.00. The Labute approximate surface area is 165 Å². The number of aromatic nitrogens is 2. The molecule has 2 atom stereocenters. The van der Waals surface area contributed by atoms with Crippen molar-refractivity contribution in [1.29, 1.82) is 0 Å². The Balaban J connectivity index is 1.57. The number of fused-ring (bicyclic) bond motifs is 1. The second kappa shape index (κ2) is 7.19. The van der Waals surface area contributed by atoms with Crippen molar-refractivity contribution in [2.45, 2.75) is 32.0 Å². The molecule has 146 valence electrons. The largest absolute Gasteiger partial charge is 0.480 e. The first-order valence-electron chi connectivity index (χ1n) is 8.95. The predicted octanol–water partition coefficient (Wildman–Crippen LogP) is 1.74. The summed E-state index contributed by atoms with van der Waals surface area (Å²) in [6.45, 7) is 1.94. The Morgan fingerprint density at radius 3 is 3.00 bits per heavy atom. The number of nitrogens with zero attached hydrogens (tertiary/aromatic N) is 5. The minimum absolute atomic E-state index is 0.0134. The molecule has 4 heterocycles. The van der Waals surface area contributed by atoms with Crippen LogP contribution in [0.4, 0.5) is 5.95 Å². The van der Waals surface area contributed by atoms with E-state index in [2.05, 4.69) is 20.4 Å². The lowest BCUT2D eigenvalue weighted by Crippen LogP contribution is -2.46. The van der Waals surface area contributed by atoms with E-state index in [1.807, 2.05) is 18.3 Å². The minimum Gasteiger partial charge on any atom is -0.480 e. The average Bonchev–Trinajstić information content (AvgIpc) is 3.29. The lowest BCUT2D eigenvalue weighted by atomic mass is 10.1. The van der Waals surface area contributed by atoms with Gasteiger partial charge in [0.1, 0.15) is 12.2 Å². The van der Waals surface area contributed by atoms with Crippen LogP contribution < -0.4 is 5.32 Å². The van der Waals surface area contributed by atoms with Gasteiger partial charge in [0.25, 0.3) is 5.91 Å². The van der Waals surface area contributed by atoms with Gasteiger partial charge in [0, 0.05) is 43.7 Å². The van der Waals surface area contributed by atoms with Gasteiger partial charge in [-0.2, -0.15) is 5.10 Å². The monoisotopic (exact) mass is 400 g/mol. The highest BCUT2D eigenvalue weighted by molar-refractivity contribution is 7.15. The predicted molar refractivity (Wildman–Crippen MR) is 105 cm³/mol. The van der Waals surface area contributed by atoms with Crippen molar-refractivity contribution in [3.8, 4) is 10.6 Å². The highest BCUT2D eigenvalue weighted by Gasteiger charge is 2.33. The quantitative estimate of drug-likeness (QED) is 0.786. The Kier molecular flexibility index (Phi) is 4.71. The van der Waals surface area contributed by atoms with E-state index in [-0.39, 0.29) is 12.1 Å². The summed E-state index contributed by atoms with van der Waals surface area (Å²) in [5.41, 5.74) is 1.29. The van der Waals surface area contributed by atoms with Crippen LogP contribution in [0.5, 0.6) is 0 Å². The third-order valence-electron chi connectivity index (χ3n) is 4.95. The zero-order valence-corrected chi connectivity index (χ0v) is 16.3. The average molecular weight is 400 g/mol. The molecule has 0 radical (unpaired) electrons. The molecule has 2 unspecified atom stereocenters. The number of thiophene rings is 1. The summed E-state index contributed by atoms with van der Waals surface area (Å²) in [5, 5.41) is 18.5. The maximum absolute atomic E-state index is 12.7. The van der Waals surface area contributed by atoms with Gasteiger partial charge in [0.15, 0.2) is 0 Å². The number of rotatable bonds is 5. The van der Waals surface area contributed by atoms with Crippen molar-refractivity contribution in [3.05, 3.63) is 28.8 Å². The fourth-order valence-electron chi connectivity index (χ4n) is 3.28. The van der Waals surface area contributed by atoms with Crippen LogP contribution in [0.15, 0.2) is 23.4 Å². The summed E-state index contributed by atoms with van der Waals surface area (Å²) >= 11 is 1.52. The number of amides is 1. The Bertz CT molecular complexity index is 959. The first-order valence-corrected chi connectivity index (χ1v) is 9.77. The van der Waals surface area contributed by atoms with Crippen LogP contribution in [-0.2, 0) is 11.2 Å². The number of anilines is 1. The molecule has 2 aromatic heterocycles. The van der Waals surface area contributed by atoms with Gasteiger partial charge in [-0.05, 0) is 19.1 Å². The molecule has 0 fully saturated rings. The first kappa shape index (κ1) is 18.4. The summed E-state index contributed by atoms with van der Waals surface area (Å²) in [6, 6.07) is 2.77. The van der Waals surface area contributed by atoms with Gasteiger partial charge in [0.2, 0.25) is 5.95 Å². The number of nitrogens with one attached hydrogen (secondary N) is 1. The Hall–Kier alpha value is -3.01. The molecular formula is C18H20N6O3S. The van der Waals surface area contributed by atoms with E-state index in [1.165, 1.54) is 23.2 Å². The normalized spacial score (nSPS) is 19.6. The van der Waals surface area contributed by atoms with Gasteiger partial charge in [0.05, 0.1) is 16.1 Å². The molecule has 2 aliphatic heterocycles. The summed E-state index contributed by atoms with van der Waals surface area (Å²) in [6.07, 6.45) is 4.94. The van der Waals surface area contributed by atoms with E-state index < -0.39 is 12.0 Å². The molecule has 28 heavy (non-hydrogen) atoms. The van der Waals surface area contributed by atoms with Gasteiger partial charge in [-0.25, -0.2) is 14.8 Å². The van der Waals surface area contributed by atoms with Crippen LogP contribution in [0.1, 0.15) is 28.6 Å². The first-order chi connectivity index (χ1) is 13.4. The highest BCUT2D eigenvalue weighted by Crippen LogP contribution is 2.34. The van der Waals surface area contributed by atoms with Crippen LogP contribution >= 0.6 is 11.3 Å². The van der Waals surface area contributed by atoms with E-state index in [0.717, 1.165) is 21.9 Å². The zero-order chi connectivity index (χ0) is 19.8. The van der Waals surface area contributed by atoms with Crippen LogP contribution in [0, 0.1) is 0 Å². The number of carbonyl (C=O) groups is 2. The SMILES string of the molecule is CC(C(=O)O)N1CCc2sc(-c3ccnc(NC4CC=NN4C)n3)cc2C1=O. The van der Waals surface area contributed by atoms with Crippen molar-refractivity contribution in [3.63, 3.8) is 0 Å². The number of carboxylic acids is 1. The molecule has 2 aliphatic rings. The van der Waals surface area contributed by atoms with E-state index in [0.29, 0.717) is 24.5 Å². The number of carboxylic acid groups (broad SMARTS) is 1. The number of hydrogen-bond acceptors (Lipinski definition) is 8. The molecule has 0 spiro atoms. The standard InChI is InChI=1S/C18H20N6O3S/c1-10(17(26)27)24-8-5-13-11(16(24)25)9-14(28-13)12-3-6-19-18(21-12)22-15-4-7-20-23(15)2/h3,6-7,9-10,15H,4-5,8H2,1-2H3,(H,26,27)(H,19,21,22). The molecule has 2 N–H and O–H groups in total. The fraction of sp³-hybridized carbons (Fsp3) is 0.389. The fourth-order valence-corrected chi connectivity index (χ4v) is 4.39. The van der Waals surface area contributed by atoms with Crippen LogP contribution in [-0.4, -0.2) is 68.9 Å². The molecule has 10 heteroatoms. The van der Waals surface area contributed by atoms with Crippen LogP contribution in [0.2, 0.25) is 0 Å². The van der Waals surface area contributed by atoms with E-state index in [4.69, 9.17) is 0 Å². The summed E-state index contributed by atoms with van der Waals surface area (Å²) in [5.74, 6) is -0.742. The molecule has 0 saturated heterocycles. The van der Waals surface area contributed by atoms with Gasteiger partial charge in [-0.3, -0.25) is 9.80 Å².